The Morgan fingerprint density at radius 3 is 2.86 bits per heavy atom. The fourth-order valence-corrected chi connectivity index (χ4v) is 1.50. The van der Waals surface area contributed by atoms with E-state index in [1.54, 1.807) is 12.4 Å². The van der Waals surface area contributed by atoms with E-state index in [0.29, 0.717) is 11.7 Å². The number of nitrogens with zero attached hydrogens (tertiary/aromatic N) is 3. The zero-order valence-corrected chi connectivity index (χ0v) is 8.18. The second-order valence-electron chi connectivity index (χ2n) is 3.43. The number of morpholine rings is 1. The van der Waals surface area contributed by atoms with Crippen molar-refractivity contribution in [1.29, 1.82) is 0 Å². The van der Waals surface area contributed by atoms with E-state index in [1.807, 2.05) is 0 Å². The van der Waals surface area contributed by atoms with Gasteiger partial charge in [0.2, 0.25) is 5.95 Å². The summed E-state index contributed by atoms with van der Waals surface area (Å²) in [4.78, 5) is 10.5. The third-order valence-corrected chi connectivity index (χ3v) is 2.28. The van der Waals surface area contributed by atoms with E-state index in [0.717, 1.165) is 25.7 Å². The van der Waals surface area contributed by atoms with Crippen LogP contribution >= 0.6 is 0 Å². The fraction of sp³-hybridized carbons (Fsp3) is 0.556. The summed E-state index contributed by atoms with van der Waals surface area (Å²) < 4.78 is 5.34. The van der Waals surface area contributed by atoms with Crippen molar-refractivity contribution in [3.05, 3.63) is 12.4 Å². The van der Waals surface area contributed by atoms with Gasteiger partial charge in [-0.05, 0) is 6.92 Å². The maximum absolute atomic E-state index is 5.52. The number of hydrogen-bond acceptors (Lipinski definition) is 5. The summed E-state index contributed by atoms with van der Waals surface area (Å²) in [6.07, 6.45) is 3.26. The molecule has 76 valence electrons. The SMILES string of the molecule is C[C@H]1COCCN1c1ncc(N)cn1. The molecule has 5 heteroatoms. The number of nitrogens with two attached hydrogens (primary N) is 1. The molecule has 5 nitrogen and oxygen atoms in total. The van der Waals surface area contributed by atoms with Crippen molar-refractivity contribution in [2.24, 2.45) is 0 Å². The molecule has 0 amide bonds. The summed E-state index contributed by atoms with van der Waals surface area (Å²) in [6, 6.07) is 0.326. The van der Waals surface area contributed by atoms with Gasteiger partial charge in [-0.25, -0.2) is 9.97 Å². The lowest BCUT2D eigenvalue weighted by molar-refractivity contribution is 0.0981. The zero-order chi connectivity index (χ0) is 9.97. The number of nitrogen functional groups attached to an aromatic ring is 1. The van der Waals surface area contributed by atoms with E-state index in [9.17, 15) is 0 Å². The lowest BCUT2D eigenvalue weighted by atomic mass is 10.3. The summed E-state index contributed by atoms with van der Waals surface area (Å²) in [6.45, 7) is 4.40. The van der Waals surface area contributed by atoms with Crippen LogP contribution < -0.4 is 10.6 Å². The Balaban J connectivity index is 2.16. The first-order valence-corrected chi connectivity index (χ1v) is 4.69. The molecule has 2 heterocycles. The van der Waals surface area contributed by atoms with Gasteiger partial charge < -0.3 is 15.4 Å². The Morgan fingerprint density at radius 2 is 2.21 bits per heavy atom. The quantitative estimate of drug-likeness (QED) is 0.695. The number of hydrogen-bond donors (Lipinski definition) is 1. The van der Waals surface area contributed by atoms with Gasteiger partial charge in [0.1, 0.15) is 0 Å². The summed E-state index contributed by atoms with van der Waals surface area (Å²) >= 11 is 0. The van der Waals surface area contributed by atoms with E-state index in [-0.39, 0.29) is 0 Å². The van der Waals surface area contributed by atoms with Crippen molar-refractivity contribution in [3.63, 3.8) is 0 Å². The van der Waals surface area contributed by atoms with Gasteiger partial charge >= 0.3 is 0 Å². The van der Waals surface area contributed by atoms with Crippen molar-refractivity contribution >= 4 is 11.6 Å². The molecule has 0 unspecified atom stereocenters. The number of ether oxygens (including phenoxy) is 1. The van der Waals surface area contributed by atoms with Crippen molar-refractivity contribution in [2.45, 2.75) is 13.0 Å². The molecule has 1 aliphatic rings. The average Bonchev–Trinajstić information content (AvgIpc) is 2.20. The molecule has 1 fully saturated rings. The van der Waals surface area contributed by atoms with Crippen LogP contribution in [-0.2, 0) is 4.74 Å². The highest BCUT2D eigenvalue weighted by atomic mass is 16.5. The molecule has 14 heavy (non-hydrogen) atoms. The van der Waals surface area contributed by atoms with Crippen molar-refractivity contribution in [3.8, 4) is 0 Å². The summed E-state index contributed by atoms with van der Waals surface area (Å²) in [5.74, 6) is 0.731. The maximum atomic E-state index is 5.52. The largest absolute Gasteiger partial charge is 0.396 e. The predicted molar refractivity (Wildman–Crippen MR) is 54.1 cm³/mol. The van der Waals surface area contributed by atoms with Crippen LogP contribution in [0.3, 0.4) is 0 Å². The Labute approximate surface area is 82.9 Å². The normalized spacial score (nSPS) is 22.4. The van der Waals surface area contributed by atoms with Crippen molar-refractivity contribution in [2.75, 3.05) is 30.4 Å². The fourth-order valence-electron chi connectivity index (χ4n) is 1.50. The van der Waals surface area contributed by atoms with Gasteiger partial charge in [0.15, 0.2) is 0 Å². The van der Waals surface area contributed by atoms with Gasteiger partial charge in [0.05, 0.1) is 37.3 Å². The van der Waals surface area contributed by atoms with E-state index in [1.165, 1.54) is 0 Å². The third kappa shape index (κ3) is 1.77. The van der Waals surface area contributed by atoms with Crippen LogP contribution in [0, 0.1) is 0 Å². The molecule has 0 spiro atoms. The van der Waals surface area contributed by atoms with Gasteiger partial charge in [0.25, 0.3) is 0 Å². The first kappa shape index (κ1) is 9.21. The molecule has 1 atom stereocenters. The first-order chi connectivity index (χ1) is 6.77. The minimum Gasteiger partial charge on any atom is -0.396 e. The molecule has 1 aliphatic heterocycles. The van der Waals surface area contributed by atoms with E-state index >= 15 is 0 Å². The van der Waals surface area contributed by atoms with Crippen LogP contribution in [-0.4, -0.2) is 35.8 Å². The Bertz CT molecular complexity index is 300. The number of rotatable bonds is 1. The molecular weight excluding hydrogens is 180 g/mol. The van der Waals surface area contributed by atoms with Crippen LogP contribution in [0.5, 0.6) is 0 Å². The van der Waals surface area contributed by atoms with Gasteiger partial charge in [-0.3, -0.25) is 0 Å². The van der Waals surface area contributed by atoms with Gasteiger partial charge in [0, 0.05) is 6.54 Å². The minimum atomic E-state index is 0.326. The Morgan fingerprint density at radius 1 is 1.50 bits per heavy atom. The smallest absolute Gasteiger partial charge is 0.225 e. The molecule has 1 saturated heterocycles. The molecule has 2 N–H and O–H groups in total. The highest BCUT2D eigenvalue weighted by molar-refractivity contribution is 5.38. The van der Waals surface area contributed by atoms with Gasteiger partial charge in [-0.15, -0.1) is 0 Å². The summed E-state index contributed by atoms with van der Waals surface area (Å²) in [7, 11) is 0. The lowest BCUT2D eigenvalue weighted by Gasteiger charge is -2.33. The van der Waals surface area contributed by atoms with Crippen LogP contribution in [0.15, 0.2) is 12.4 Å². The topological polar surface area (TPSA) is 64.3 Å². The second kappa shape index (κ2) is 3.79. The summed E-state index contributed by atoms with van der Waals surface area (Å²) in [5, 5.41) is 0. The van der Waals surface area contributed by atoms with Crippen molar-refractivity contribution < 1.29 is 4.74 Å². The molecule has 0 radical (unpaired) electrons. The first-order valence-electron chi connectivity index (χ1n) is 4.69. The Kier molecular flexibility index (Phi) is 2.49. The minimum absolute atomic E-state index is 0.326. The van der Waals surface area contributed by atoms with E-state index in [2.05, 4.69) is 21.8 Å². The number of aromatic nitrogens is 2. The van der Waals surface area contributed by atoms with Crippen molar-refractivity contribution in [1.82, 2.24) is 9.97 Å². The molecule has 0 aliphatic carbocycles. The van der Waals surface area contributed by atoms with Crippen LogP contribution in [0.2, 0.25) is 0 Å². The van der Waals surface area contributed by atoms with Crippen LogP contribution in [0.1, 0.15) is 6.92 Å². The molecule has 0 aromatic carbocycles. The molecular formula is C9H14N4O. The second-order valence-corrected chi connectivity index (χ2v) is 3.43. The maximum Gasteiger partial charge on any atom is 0.225 e. The number of anilines is 2. The lowest BCUT2D eigenvalue weighted by Crippen LogP contribution is -2.44. The van der Waals surface area contributed by atoms with E-state index < -0.39 is 0 Å². The predicted octanol–water partition coefficient (Wildman–Crippen LogP) is 0.284. The highest BCUT2D eigenvalue weighted by Gasteiger charge is 2.20. The molecule has 1 aromatic heterocycles. The van der Waals surface area contributed by atoms with Crippen LogP contribution in [0.25, 0.3) is 0 Å². The van der Waals surface area contributed by atoms with Crippen LogP contribution in [0.4, 0.5) is 11.6 Å². The molecule has 1 aromatic rings. The Hall–Kier alpha value is -1.36. The van der Waals surface area contributed by atoms with E-state index in [4.69, 9.17) is 10.5 Å². The standard InChI is InChI=1S/C9H14N4O/c1-7-6-14-3-2-13(7)9-11-4-8(10)5-12-9/h4-5,7H,2-3,6,10H2,1H3/t7-/m0/s1. The summed E-state index contributed by atoms with van der Waals surface area (Å²) in [5.41, 5.74) is 6.11. The molecule has 0 bridgehead atoms. The molecule has 2 rings (SSSR count). The third-order valence-electron chi connectivity index (χ3n) is 2.28. The zero-order valence-electron chi connectivity index (χ0n) is 8.18. The van der Waals surface area contributed by atoms with Gasteiger partial charge in [-0.2, -0.15) is 0 Å². The average molecular weight is 194 g/mol. The molecule has 0 saturated carbocycles. The highest BCUT2D eigenvalue weighted by Crippen LogP contribution is 2.14. The van der Waals surface area contributed by atoms with Gasteiger partial charge in [-0.1, -0.05) is 0 Å². The monoisotopic (exact) mass is 194 g/mol.